The third-order valence-corrected chi connectivity index (χ3v) is 4.64. The second-order valence-corrected chi connectivity index (χ2v) is 6.79. The van der Waals surface area contributed by atoms with E-state index in [1.165, 1.54) is 0 Å². The number of hydrogen-bond donors (Lipinski definition) is 0. The zero-order valence-electron chi connectivity index (χ0n) is 17.5. The Morgan fingerprint density at radius 1 is 1.00 bits per heavy atom. The molecule has 6 heteroatoms. The predicted octanol–water partition coefficient (Wildman–Crippen LogP) is 3.21. The molecule has 0 aliphatic heterocycles. The molecule has 0 aliphatic rings. The van der Waals surface area contributed by atoms with Gasteiger partial charge in [0.15, 0.2) is 11.3 Å². The van der Waals surface area contributed by atoms with Gasteiger partial charge in [-0.05, 0) is 49.3 Å². The molecule has 0 bridgehead atoms. The molecule has 0 amide bonds. The molecular formula is C23H27N5O. The molecule has 2 aromatic heterocycles. The van der Waals surface area contributed by atoms with Crippen LogP contribution < -0.4 is 9.64 Å². The number of anilines is 1. The number of benzene rings is 1. The van der Waals surface area contributed by atoms with E-state index < -0.39 is 0 Å². The minimum atomic E-state index is 0.453. The largest absolute Gasteiger partial charge is 0.474 e. The van der Waals surface area contributed by atoms with Crippen LogP contribution in [0.4, 0.5) is 5.69 Å². The first kappa shape index (κ1) is 20.6. The van der Waals surface area contributed by atoms with Crippen LogP contribution in [0, 0.1) is 11.8 Å². The van der Waals surface area contributed by atoms with Crippen molar-refractivity contribution in [2.24, 2.45) is 0 Å². The Kier molecular flexibility index (Phi) is 6.99. The molecule has 2 heterocycles. The van der Waals surface area contributed by atoms with Crippen molar-refractivity contribution < 1.29 is 4.74 Å². The summed E-state index contributed by atoms with van der Waals surface area (Å²) < 4.78 is 5.98. The molecule has 29 heavy (non-hydrogen) atoms. The third-order valence-electron chi connectivity index (χ3n) is 4.64. The summed E-state index contributed by atoms with van der Waals surface area (Å²) in [6.07, 6.45) is 1.70. The monoisotopic (exact) mass is 389 g/mol. The molecule has 0 saturated carbocycles. The quantitative estimate of drug-likeness (QED) is 0.579. The first-order valence-electron chi connectivity index (χ1n) is 9.88. The maximum absolute atomic E-state index is 5.98. The lowest BCUT2D eigenvalue weighted by Crippen LogP contribution is -2.28. The van der Waals surface area contributed by atoms with Crippen molar-refractivity contribution in [3.05, 3.63) is 53.9 Å². The molecule has 1 aromatic carbocycles. The average molecular weight is 390 g/mol. The number of fused-ring (bicyclic) bond motifs is 1. The van der Waals surface area contributed by atoms with E-state index in [1.54, 1.807) is 6.20 Å². The molecule has 6 nitrogen and oxygen atoms in total. The van der Waals surface area contributed by atoms with Gasteiger partial charge in [-0.25, -0.2) is 15.0 Å². The molecule has 0 atom stereocenters. The van der Waals surface area contributed by atoms with Gasteiger partial charge in [-0.2, -0.15) is 0 Å². The SMILES string of the molecule is CCN(CC)CCOc1nc2cccnc2nc1C#Cc1cccc(N(C)C)c1. The highest BCUT2D eigenvalue weighted by Gasteiger charge is 2.10. The predicted molar refractivity (Wildman–Crippen MR) is 117 cm³/mol. The summed E-state index contributed by atoms with van der Waals surface area (Å²) in [6.45, 7) is 7.63. The first-order valence-corrected chi connectivity index (χ1v) is 9.88. The van der Waals surface area contributed by atoms with Gasteiger partial charge in [0.2, 0.25) is 5.88 Å². The molecule has 0 N–H and O–H groups in total. The molecule has 0 fully saturated rings. The van der Waals surface area contributed by atoms with Crippen molar-refractivity contribution in [3.63, 3.8) is 0 Å². The van der Waals surface area contributed by atoms with E-state index in [2.05, 4.69) is 45.5 Å². The fraction of sp³-hybridized carbons (Fsp3) is 0.348. The summed E-state index contributed by atoms with van der Waals surface area (Å²) in [5, 5.41) is 0. The summed E-state index contributed by atoms with van der Waals surface area (Å²) in [5.41, 5.74) is 3.78. The topological polar surface area (TPSA) is 54.4 Å². The number of nitrogens with zero attached hydrogens (tertiary/aromatic N) is 5. The van der Waals surface area contributed by atoms with Crippen LogP contribution in [0.2, 0.25) is 0 Å². The van der Waals surface area contributed by atoms with Crippen LogP contribution >= 0.6 is 0 Å². The second kappa shape index (κ2) is 9.85. The summed E-state index contributed by atoms with van der Waals surface area (Å²) in [4.78, 5) is 17.8. The minimum Gasteiger partial charge on any atom is -0.474 e. The highest BCUT2D eigenvalue weighted by Crippen LogP contribution is 2.18. The van der Waals surface area contributed by atoms with Gasteiger partial charge in [-0.15, -0.1) is 0 Å². The molecule has 3 rings (SSSR count). The Balaban J connectivity index is 1.90. The van der Waals surface area contributed by atoms with Crippen LogP contribution in [0.15, 0.2) is 42.6 Å². The third kappa shape index (κ3) is 5.43. The lowest BCUT2D eigenvalue weighted by Gasteiger charge is -2.17. The molecule has 150 valence electrons. The lowest BCUT2D eigenvalue weighted by molar-refractivity contribution is 0.217. The van der Waals surface area contributed by atoms with E-state index in [0.29, 0.717) is 29.3 Å². The Bertz CT molecular complexity index is 1020. The average Bonchev–Trinajstić information content (AvgIpc) is 2.75. The minimum absolute atomic E-state index is 0.453. The van der Waals surface area contributed by atoms with Gasteiger partial charge in [0.05, 0.1) is 0 Å². The van der Waals surface area contributed by atoms with Crippen molar-refractivity contribution in [1.82, 2.24) is 19.9 Å². The summed E-state index contributed by atoms with van der Waals surface area (Å²) in [7, 11) is 4.02. The number of aromatic nitrogens is 3. The summed E-state index contributed by atoms with van der Waals surface area (Å²) >= 11 is 0. The zero-order valence-corrected chi connectivity index (χ0v) is 17.5. The van der Waals surface area contributed by atoms with Crippen LogP contribution in [0.3, 0.4) is 0 Å². The number of rotatable bonds is 7. The fourth-order valence-corrected chi connectivity index (χ4v) is 2.86. The van der Waals surface area contributed by atoms with Crippen LogP contribution in [-0.2, 0) is 0 Å². The van der Waals surface area contributed by atoms with Gasteiger partial charge < -0.3 is 14.5 Å². The number of hydrogen-bond acceptors (Lipinski definition) is 6. The van der Waals surface area contributed by atoms with E-state index in [-0.39, 0.29) is 0 Å². The molecule has 0 saturated heterocycles. The van der Waals surface area contributed by atoms with Crippen LogP contribution in [-0.4, -0.2) is 60.2 Å². The molecule has 0 radical (unpaired) electrons. The molecule has 3 aromatic rings. The summed E-state index contributed by atoms with van der Waals surface area (Å²) in [5.74, 6) is 6.77. The van der Waals surface area contributed by atoms with Gasteiger partial charge in [0, 0.05) is 38.1 Å². The number of pyridine rings is 1. The highest BCUT2D eigenvalue weighted by molar-refractivity contribution is 5.71. The fourth-order valence-electron chi connectivity index (χ4n) is 2.86. The van der Waals surface area contributed by atoms with E-state index in [9.17, 15) is 0 Å². The maximum Gasteiger partial charge on any atom is 0.249 e. The van der Waals surface area contributed by atoms with Crippen LogP contribution in [0.1, 0.15) is 25.1 Å². The van der Waals surface area contributed by atoms with Crippen LogP contribution in [0.25, 0.3) is 11.2 Å². The van der Waals surface area contributed by atoms with E-state index in [1.807, 2.05) is 55.4 Å². The lowest BCUT2D eigenvalue weighted by atomic mass is 10.2. The van der Waals surface area contributed by atoms with Crippen molar-refractivity contribution in [2.45, 2.75) is 13.8 Å². The highest BCUT2D eigenvalue weighted by atomic mass is 16.5. The van der Waals surface area contributed by atoms with Crippen molar-refractivity contribution in [1.29, 1.82) is 0 Å². The molecule has 0 aliphatic carbocycles. The number of likely N-dealkylation sites (N-methyl/N-ethyl adjacent to an activating group) is 1. The standard InChI is InChI=1S/C23H27N5O/c1-5-28(6-2)15-16-29-23-21(25-22-20(26-23)11-8-14-24-22)13-12-18-9-7-10-19(17-18)27(3)4/h7-11,14,17H,5-6,15-16H2,1-4H3. The van der Waals surface area contributed by atoms with Crippen molar-refractivity contribution in [2.75, 3.05) is 45.2 Å². The van der Waals surface area contributed by atoms with Gasteiger partial charge in [0.1, 0.15) is 12.1 Å². The number of ether oxygens (including phenoxy) is 1. The van der Waals surface area contributed by atoms with Gasteiger partial charge >= 0.3 is 0 Å². The van der Waals surface area contributed by atoms with Gasteiger partial charge in [0.25, 0.3) is 0 Å². The summed E-state index contributed by atoms with van der Waals surface area (Å²) in [6, 6.07) is 11.8. The first-order chi connectivity index (χ1) is 14.1. The smallest absolute Gasteiger partial charge is 0.249 e. The maximum atomic E-state index is 5.98. The van der Waals surface area contributed by atoms with Gasteiger partial charge in [-0.3, -0.25) is 0 Å². The Morgan fingerprint density at radius 2 is 1.83 bits per heavy atom. The van der Waals surface area contributed by atoms with Crippen molar-refractivity contribution in [3.8, 4) is 17.7 Å². The molecule has 0 unspecified atom stereocenters. The van der Waals surface area contributed by atoms with Gasteiger partial charge in [-0.1, -0.05) is 25.8 Å². The Labute approximate surface area is 172 Å². The van der Waals surface area contributed by atoms with E-state index in [0.717, 1.165) is 30.9 Å². The molecule has 0 spiro atoms. The molecular weight excluding hydrogens is 362 g/mol. The van der Waals surface area contributed by atoms with E-state index >= 15 is 0 Å². The Hall–Kier alpha value is -3.17. The second-order valence-electron chi connectivity index (χ2n) is 6.79. The zero-order chi connectivity index (χ0) is 20.6. The Morgan fingerprint density at radius 3 is 2.59 bits per heavy atom. The van der Waals surface area contributed by atoms with Crippen LogP contribution in [0.5, 0.6) is 5.88 Å². The normalized spacial score (nSPS) is 10.7. The van der Waals surface area contributed by atoms with Crippen molar-refractivity contribution >= 4 is 16.9 Å². The van der Waals surface area contributed by atoms with E-state index in [4.69, 9.17) is 4.74 Å².